The molecule has 6 heteroatoms. The summed E-state index contributed by atoms with van der Waals surface area (Å²) in [6.45, 7) is 3.04. The van der Waals surface area contributed by atoms with Gasteiger partial charge in [-0.1, -0.05) is 4.49 Å². The Hall–Kier alpha value is -0.720. The van der Waals surface area contributed by atoms with Crippen LogP contribution in [0.5, 0.6) is 0 Å². The molecule has 0 amide bonds. The van der Waals surface area contributed by atoms with Gasteiger partial charge in [0, 0.05) is 31.2 Å². The van der Waals surface area contributed by atoms with Crippen LogP contribution in [0.4, 0.5) is 5.00 Å². The highest BCUT2D eigenvalue weighted by atomic mass is 32.1. The van der Waals surface area contributed by atoms with Crippen LogP contribution in [0.15, 0.2) is 0 Å². The van der Waals surface area contributed by atoms with Crippen molar-refractivity contribution in [2.45, 2.75) is 19.4 Å². The molecule has 1 saturated heterocycles. The lowest BCUT2D eigenvalue weighted by atomic mass is 9.99. The highest BCUT2D eigenvalue weighted by Gasteiger charge is 2.20. The van der Waals surface area contributed by atoms with Gasteiger partial charge in [-0.3, -0.25) is 4.90 Å². The van der Waals surface area contributed by atoms with Crippen molar-refractivity contribution in [1.82, 2.24) is 14.5 Å². The molecule has 1 aromatic heterocycles. The Bertz CT molecular complexity index is 317. The maximum atomic E-state index is 9.11. The van der Waals surface area contributed by atoms with E-state index in [2.05, 4.69) is 14.5 Å². The van der Waals surface area contributed by atoms with E-state index in [0.29, 0.717) is 10.9 Å². The normalized spacial score (nSPS) is 23.1. The van der Waals surface area contributed by atoms with E-state index in [9.17, 15) is 0 Å². The highest BCUT2D eigenvalue weighted by molar-refractivity contribution is 7.09. The van der Waals surface area contributed by atoms with Crippen LogP contribution in [-0.4, -0.2) is 39.3 Å². The maximum Gasteiger partial charge on any atom is 0.132 e. The number of piperidine rings is 1. The van der Waals surface area contributed by atoms with Gasteiger partial charge in [-0.25, -0.2) is 0 Å². The molecule has 0 saturated carbocycles. The van der Waals surface area contributed by atoms with E-state index in [1.807, 2.05) is 0 Å². The molecule has 0 radical (unpaired) electrons. The number of likely N-dealkylation sites (tertiary alicyclic amines) is 1. The van der Waals surface area contributed by atoms with E-state index in [1.165, 1.54) is 11.5 Å². The first kappa shape index (κ1) is 10.8. The van der Waals surface area contributed by atoms with Gasteiger partial charge < -0.3 is 10.8 Å². The van der Waals surface area contributed by atoms with Gasteiger partial charge in [0.05, 0.1) is 0 Å². The second kappa shape index (κ2) is 4.87. The summed E-state index contributed by atoms with van der Waals surface area (Å²) in [5.41, 5.74) is 6.62. The van der Waals surface area contributed by atoms with E-state index < -0.39 is 0 Å². The number of hydrogen-bond acceptors (Lipinski definition) is 6. The Morgan fingerprint density at radius 3 is 3.13 bits per heavy atom. The fourth-order valence-corrected chi connectivity index (χ4v) is 2.42. The standard InChI is InChI=1S/C9H16N4OS/c10-9-8(11-12-15-9)5-13-3-1-2-7(4-13)6-14/h7,14H,1-6,10H2. The van der Waals surface area contributed by atoms with Crippen molar-refractivity contribution >= 4 is 16.5 Å². The Morgan fingerprint density at radius 1 is 1.60 bits per heavy atom. The summed E-state index contributed by atoms with van der Waals surface area (Å²) in [5, 5.41) is 13.8. The topological polar surface area (TPSA) is 75.3 Å². The van der Waals surface area contributed by atoms with E-state index in [1.54, 1.807) is 0 Å². The molecule has 3 N–H and O–H groups in total. The van der Waals surface area contributed by atoms with Gasteiger partial charge in [-0.2, -0.15) is 0 Å². The minimum Gasteiger partial charge on any atom is -0.396 e. The molecule has 15 heavy (non-hydrogen) atoms. The van der Waals surface area contributed by atoms with Crippen LogP contribution >= 0.6 is 11.5 Å². The minimum atomic E-state index is 0.279. The van der Waals surface area contributed by atoms with Crippen molar-refractivity contribution in [3.05, 3.63) is 5.69 Å². The summed E-state index contributed by atoms with van der Waals surface area (Å²) in [5.74, 6) is 0.409. The second-order valence-electron chi connectivity index (χ2n) is 4.01. The van der Waals surface area contributed by atoms with E-state index in [-0.39, 0.29) is 6.61 Å². The van der Waals surface area contributed by atoms with Crippen LogP contribution in [0.3, 0.4) is 0 Å². The molecule has 0 bridgehead atoms. The molecule has 1 atom stereocenters. The summed E-state index contributed by atoms with van der Waals surface area (Å²) in [4.78, 5) is 2.29. The van der Waals surface area contributed by atoms with Crippen molar-refractivity contribution in [3.8, 4) is 0 Å². The number of nitrogens with two attached hydrogens (primary N) is 1. The lowest BCUT2D eigenvalue weighted by Crippen LogP contribution is -2.36. The lowest BCUT2D eigenvalue weighted by molar-refractivity contribution is 0.115. The van der Waals surface area contributed by atoms with Crippen LogP contribution in [0.2, 0.25) is 0 Å². The molecular formula is C9H16N4OS. The van der Waals surface area contributed by atoms with Gasteiger partial charge in [-0.05, 0) is 25.3 Å². The monoisotopic (exact) mass is 228 g/mol. The largest absolute Gasteiger partial charge is 0.396 e. The molecule has 1 aromatic rings. The first-order valence-electron chi connectivity index (χ1n) is 5.19. The molecule has 0 aromatic carbocycles. The molecule has 1 aliphatic heterocycles. The molecule has 84 valence electrons. The first-order valence-corrected chi connectivity index (χ1v) is 5.97. The number of aromatic nitrogens is 2. The zero-order valence-corrected chi connectivity index (χ0v) is 9.41. The molecule has 2 rings (SSSR count). The van der Waals surface area contributed by atoms with Gasteiger partial charge in [-0.15, -0.1) is 5.10 Å². The summed E-state index contributed by atoms with van der Waals surface area (Å²) in [6, 6.07) is 0. The van der Waals surface area contributed by atoms with Crippen molar-refractivity contribution < 1.29 is 5.11 Å². The average Bonchev–Trinajstić information content (AvgIpc) is 2.65. The van der Waals surface area contributed by atoms with Crippen molar-refractivity contribution in [1.29, 1.82) is 0 Å². The molecule has 0 aliphatic carbocycles. The zero-order valence-electron chi connectivity index (χ0n) is 8.59. The average molecular weight is 228 g/mol. The number of rotatable bonds is 3. The highest BCUT2D eigenvalue weighted by Crippen LogP contribution is 2.20. The van der Waals surface area contributed by atoms with E-state index in [0.717, 1.165) is 38.2 Å². The number of nitrogens with zero attached hydrogens (tertiary/aromatic N) is 3. The molecule has 1 fully saturated rings. The number of anilines is 1. The Morgan fingerprint density at radius 2 is 2.47 bits per heavy atom. The van der Waals surface area contributed by atoms with Gasteiger partial charge in [0.2, 0.25) is 0 Å². The van der Waals surface area contributed by atoms with E-state index >= 15 is 0 Å². The molecule has 1 unspecified atom stereocenters. The number of nitrogen functional groups attached to an aromatic ring is 1. The van der Waals surface area contributed by atoms with Crippen LogP contribution in [0.1, 0.15) is 18.5 Å². The predicted octanol–water partition coefficient (Wildman–Crippen LogP) is 0.325. The van der Waals surface area contributed by atoms with Crippen LogP contribution < -0.4 is 5.73 Å². The van der Waals surface area contributed by atoms with Gasteiger partial charge >= 0.3 is 0 Å². The third kappa shape index (κ3) is 2.64. The zero-order chi connectivity index (χ0) is 10.7. The Kier molecular flexibility index (Phi) is 3.50. The molecule has 1 aliphatic rings. The van der Waals surface area contributed by atoms with Gasteiger partial charge in [0.1, 0.15) is 10.7 Å². The lowest BCUT2D eigenvalue weighted by Gasteiger charge is -2.31. The third-order valence-corrected chi connectivity index (χ3v) is 3.42. The molecular weight excluding hydrogens is 212 g/mol. The molecule has 0 spiro atoms. The van der Waals surface area contributed by atoms with Crippen molar-refractivity contribution in [2.75, 3.05) is 25.4 Å². The molecule has 5 nitrogen and oxygen atoms in total. The summed E-state index contributed by atoms with van der Waals surface area (Å²) < 4.78 is 3.82. The summed E-state index contributed by atoms with van der Waals surface area (Å²) >= 11 is 1.24. The van der Waals surface area contributed by atoms with Gasteiger partial charge in [0.15, 0.2) is 0 Å². The van der Waals surface area contributed by atoms with E-state index in [4.69, 9.17) is 10.8 Å². The minimum absolute atomic E-state index is 0.279. The fourth-order valence-electron chi connectivity index (χ4n) is 1.98. The second-order valence-corrected chi connectivity index (χ2v) is 4.80. The smallest absolute Gasteiger partial charge is 0.132 e. The number of aliphatic hydroxyl groups is 1. The summed E-state index contributed by atoms with van der Waals surface area (Å²) in [7, 11) is 0. The fraction of sp³-hybridized carbons (Fsp3) is 0.778. The number of hydrogen-bond donors (Lipinski definition) is 2. The van der Waals surface area contributed by atoms with Crippen molar-refractivity contribution in [3.63, 3.8) is 0 Å². The Labute approximate surface area is 93.1 Å². The quantitative estimate of drug-likeness (QED) is 0.779. The van der Waals surface area contributed by atoms with Crippen LogP contribution in [-0.2, 0) is 6.54 Å². The Balaban J connectivity index is 1.92. The van der Waals surface area contributed by atoms with Crippen LogP contribution in [0.25, 0.3) is 0 Å². The number of aliphatic hydroxyl groups excluding tert-OH is 1. The predicted molar refractivity (Wildman–Crippen MR) is 59.4 cm³/mol. The maximum absolute atomic E-state index is 9.11. The SMILES string of the molecule is Nc1snnc1CN1CCCC(CO)C1. The first-order chi connectivity index (χ1) is 7.29. The summed E-state index contributed by atoms with van der Waals surface area (Å²) in [6.07, 6.45) is 2.26. The van der Waals surface area contributed by atoms with Crippen molar-refractivity contribution in [2.24, 2.45) is 5.92 Å². The third-order valence-electron chi connectivity index (χ3n) is 2.82. The van der Waals surface area contributed by atoms with Crippen LogP contribution in [0, 0.1) is 5.92 Å². The molecule has 2 heterocycles. The van der Waals surface area contributed by atoms with Gasteiger partial charge in [0.25, 0.3) is 0 Å².